The molecular formula is C33H40N8O5. The number of rotatable bonds is 16. The second-order valence-electron chi connectivity index (χ2n) is 11.3. The number of Topliss-reactive ketones (excluding diaryl/α,β-unsaturated/α-hetero) is 1. The van der Waals surface area contributed by atoms with Crippen molar-refractivity contribution < 1.29 is 23.9 Å². The molecule has 0 saturated heterocycles. The van der Waals surface area contributed by atoms with E-state index in [9.17, 15) is 19.2 Å². The molecule has 13 heteroatoms. The Morgan fingerprint density at radius 1 is 0.891 bits per heavy atom. The summed E-state index contributed by atoms with van der Waals surface area (Å²) in [5.74, 6) is -1.83. The molecule has 0 saturated carbocycles. The lowest BCUT2D eigenvalue weighted by Gasteiger charge is -2.23. The summed E-state index contributed by atoms with van der Waals surface area (Å²) in [5.41, 5.74) is 8.67. The van der Waals surface area contributed by atoms with Gasteiger partial charge in [0.2, 0.25) is 11.7 Å². The molecular weight excluding hydrogens is 588 g/mol. The van der Waals surface area contributed by atoms with Crippen molar-refractivity contribution in [2.75, 3.05) is 12.3 Å². The average Bonchev–Trinajstić information content (AvgIpc) is 3.48. The monoisotopic (exact) mass is 628 g/mol. The molecule has 0 spiro atoms. The third kappa shape index (κ3) is 9.84. The van der Waals surface area contributed by atoms with Crippen LogP contribution in [-0.2, 0) is 38.7 Å². The third-order valence-corrected chi connectivity index (χ3v) is 7.24. The number of nitrogen functional groups attached to an aromatic ring is 1. The predicted octanol–water partition coefficient (Wildman–Crippen LogP) is 2.94. The molecule has 1 unspecified atom stereocenters. The SMILES string of the molecule is CC(C)C[C@H](NC(=O)OCc1ccccc1)C(=O)NC(CCc1ccccc1)C(=O)C(=O)NCCCn1cnc2c(N)ncnc21. The maximum absolute atomic E-state index is 13.5. The number of amides is 3. The number of alkyl carbamates (subject to hydrolysis) is 1. The van der Waals surface area contributed by atoms with Crippen molar-refractivity contribution in [3.63, 3.8) is 0 Å². The second-order valence-corrected chi connectivity index (χ2v) is 11.3. The predicted molar refractivity (Wildman–Crippen MR) is 172 cm³/mol. The van der Waals surface area contributed by atoms with Gasteiger partial charge in [-0.15, -0.1) is 0 Å². The molecule has 0 aliphatic rings. The van der Waals surface area contributed by atoms with Gasteiger partial charge in [-0.05, 0) is 42.7 Å². The molecule has 0 bridgehead atoms. The van der Waals surface area contributed by atoms with Crippen LogP contribution >= 0.6 is 0 Å². The molecule has 5 N–H and O–H groups in total. The second kappa shape index (κ2) is 16.7. The fourth-order valence-electron chi connectivity index (χ4n) is 4.87. The van der Waals surface area contributed by atoms with E-state index in [1.807, 2.05) is 74.5 Å². The number of hydrogen-bond donors (Lipinski definition) is 4. The van der Waals surface area contributed by atoms with Gasteiger partial charge in [0, 0.05) is 13.1 Å². The van der Waals surface area contributed by atoms with Crippen molar-refractivity contribution in [1.82, 2.24) is 35.5 Å². The van der Waals surface area contributed by atoms with E-state index in [-0.39, 0.29) is 31.3 Å². The molecule has 2 heterocycles. The van der Waals surface area contributed by atoms with Crippen LogP contribution in [0.25, 0.3) is 11.2 Å². The number of ketones is 1. The first kappa shape index (κ1) is 33.6. The van der Waals surface area contributed by atoms with Crippen LogP contribution in [-0.4, -0.2) is 61.8 Å². The fourth-order valence-corrected chi connectivity index (χ4v) is 4.87. The van der Waals surface area contributed by atoms with E-state index >= 15 is 0 Å². The van der Waals surface area contributed by atoms with Gasteiger partial charge in [0.1, 0.15) is 24.5 Å². The highest BCUT2D eigenvalue weighted by Crippen LogP contribution is 2.14. The largest absolute Gasteiger partial charge is 0.445 e. The maximum Gasteiger partial charge on any atom is 0.408 e. The summed E-state index contributed by atoms with van der Waals surface area (Å²) in [6.45, 7) is 4.54. The Bertz CT molecular complexity index is 1610. The van der Waals surface area contributed by atoms with Gasteiger partial charge in [-0.1, -0.05) is 74.5 Å². The Morgan fingerprint density at radius 3 is 2.28 bits per heavy atom. The fraction of sp³-hybridized carbons (Fsp3) is 0.364. The van der Waals surface area contributed by atoms with Crippen LogP contribution in [0.15, 0.2) is 73.3 Å². The van der Waals surface area contributed by atoms with Crippen LogP contribution in [0.4, 0.5) is 10.6 Å². The molecule has 4 rings (SSSR count). The maximum atomic E-state index is 13.5. The van der Waals surface area contributed by atoms with Crippen LogP contribution in [0.2, 0.25) is 0 Å². The van der Waals surface area contributed by atoms with Crippen molar-refractivity contribution in [3.05, 3.63) is 84.4 Å². The highest BCUT2D eigenvalue weighted by atomic mass is 16.5. The summed E-state index contributed by atoms with van der Waals surface area (Å²) in [6.07, 6.45) is 3.63. The molecule has 242 valence electrons. The summed E-state index contributed by atoms with van der Waals surface area (Å²) in [4.78, 5) is 64.8. The lowest BCUT2D eigenvalue weighted by molar-refractivity contribution is -0.140. The number of nitrogens with two attached hydrogens (primary N) is 1. The lowest BCUT2D eigenvalue weighted by Crippen LogP contribution is -2.54. The number of nitrogens with zero attached hydrogens (tertiary/aromatic N) is 4. The average molecular weight is 629 g/mol. The smallest absolute Gasteiger partial charge is 0.408 e. The van der Waals surface area contributed by atoms with Gasteiger partial charge >= 0.3 is 6.09 Å². The van der Waals surface area contributed by atoms with Crippen molar-refractivity contribution in [3.8, 4) is 0 Å². The zero-order valence-corrected chi connectivity index (χ0v) is 26.0. The van der Waals surface area contributed by atoms with Crippen LogP contribution in [0.1, 0.15) is 44.2 Å². The molecule has 0 fully saturated rings. The number of nitrogens with one attached hydrogen (secondary N) is 3. The quantitative estimate of drug-likeness (QED) is 0.107. The summed E-state index contributed by atoms with van der Waals surface area (Å²) < 4.78 is 7.11. The number of aromatic nitrogens is 4. The molecule has 0 aliphatic heterocycles. The van der Waals surface area contributed by atoms with E-state index < -0.39 is 35.8 Å². The summed E-state index contributed by atoms with van der Waals surface area (Å²) in [6, 6.07) is 16.6. The zero-order valence-electron chi connectivity index (χ0n) is 26.0. The summed E-state index contributed by atoms with van der Waals surface area (Å²) >= 11 is 0. The van der Waals surface area contributed by atoms with E-state index in [4.69, 9.17) is 10.5 Å². The van der Waals surface area contributed by atoms with Gasteiger partial charge < -0.3 is 31.0 Å². The molecule has 0 aliphatic carbocycles. The summed E-state index contributed by atoms with van der Waals surface area (Å²) in [7, 11) is 0. The van der Waals surface area contributed by atoms with Gasteiger partial charge in [0.05, 0.1) is 12.4 Å². The van der Waals surface area contributed by atoms with Crippen LogP contribution in [0.5, 0.6) is 0 Å². The summed E-state index contributed by atoms with van der Waals surface area (Å²) in [5, 5.41) is 8.02. The topological polar surface area (TPSA) is 183 Å². The van der Waals surface area contributed by atoms with E-state index in [0.29, 0.717) is 37.0 Å². The van der Waals surface area contributed by atoms with Crippen molar-refractivity contribution >= 4 is 40.7 Å². The van der Waals surface area contributed by atoms with Gasteiger partial charge in [-0.3, -0.25) is 14.4 Å². The number of carbonyl (C=O) groups excluding carboxylic acids is 4. The lowest BCUT2D eigenvalue weighted by atomic mass is 9.99. The molecule has 2 aromatic heterocycles. The van der Waals surface area contributed by atoms with Gasteiger partial charge in [-0.25, -0.2) is 19.7 Å². The van der Waals surface area contributed by atoms with E-state index in [2.05, 4.69) is 30.9 Å². The van der Waals surface area contributed by atoms with Gasteiger partial charge in [0.25, 0.3) is 5.91 Å². The Hall–Kier alpha value is -5.33. The van der Waals surface area contributed by atoms with E-state index in [0.717, 1.165) is 11.1 Å². The zero-order chi connectivity index (χ0) is 32.9. The minimum Gasteiger partial charge on any atom is -0.445 e. The molecule has 46 heavy (non-hydrogen) atoms. The first-order valence-electron chi connectivity index (χ1n) is 15.3. The molecule has 2 atom stereocenters. The van der Waals surface area contributed by atoms with E-state index in [1.54, 1.807) is 10.9 Å². The Balaban J connectivity index is 1.36. The number of benzene rings is 2. The molecule has 0 radical (unpaired) electrons. The standard InChI is InChI=1S/C33H40N8O5/c1-22(2)18-26(40-33(45)46-19-24-12-7-4-8-13-24)31(43)39-25(15-14-23-10-5-3-6-11-23)28(42)32(44)35-16-9-17-41-21-38-27-29(34)36-20-37-30(27)41/h3-8,10-13,20-22,25-26H,9,14-19H2,1-2H3,(H,35,44)(H,39,43)(H,40,45)(H2,34,36,37)/t25?,26-/m0/s1. The Morgan fingerprint density at radius 2 is 1.59 bits per heavy atom. The number of imidazole rings is 1. The van der Waals surface area contributed by atoms with Crippen molar-refractivity contribution in [2.24, 2.45) is 5.92 Å². The highest BCUT2D eigenvalue weighted by molar-refractivity contribution is 6.38. The minimum atomic E-state index is -1.11. The Labute approximate surface area is 267 Å². The Kier molecular flexibility index (Phi) is 12.2. The van der Waals surface area contributed by atoms with Crippen LogP contribution in [0.3, 0.4) is 0 Å². The van der Waals surface area contributed by atoms with Crippen molar-refractivity contribution in [1.29, 1.82) is 0 Å². The third-order valence-electron chi connectivity index (χ3n) is 7.24. The van der Waals surface area contributed by atoms with Crippen molar-refractivity contribution in [2.45, 2.75) is 64.8 Å². The van der Waals surface area contributed by atoms with Gasteiger partial charge in [-0.2, -0.15) is 0 Å². The molecule has 4 aromatic rings. The number of carbonyl (C=O) groups is 4. The first-order valence-corrected chi connectivity index (χ1v) is 15.3. The van der Waals surface area contributed by atoms with E-state index in [1.165, 1.54) is 6.33 Å². The normalized spacial score (nSPS) is 12.3. The number of ether oxygens (including phenoxy) is 1. The number of aryl methyl sites for hydroxylation is 2. The molecule has 13 nitrogen and oxygen atoms in total. The molecule has 2 aromatic carbocycles. The van der Waals surface area contributed by atoms with Gasteiger partial charge in [0.15, 0.2) is 11.5 Å². The number of anilines is 1. The highest BCUT2D eigenvalue weighted by Gasteiger charge is 2.30. The van der Waals surface area contributed by atoms with Crippen LogP contribution < -0.4 is 21.7 Å². The number of hydrogen-bond acceptors (Lipinski definition) is 9. The first-order chi connectivity index (χ1) is 22.2. The minimum absolute atomic E-state index is 0.0416. The molecule has 3 amide bonds. The number of fused-ring (bicyclic) bond motifs is 1. The van der Waals surface area contributed by atoms with Crippen LogP contribution in [0, 0.1) is 5.92 Å².